The summed E-state index contributed by atoms with van der Waals surface area (Å²) in [7, 11) is -1.91. The van der Waals surface area contributed by atoms with E-state index in [1.165, 1.54) is 55.6 Å². The van der Waals surface area contributed by atoms with E-state index in [9.17, 15) is 32.7 Å². The molecule has 47 heavy (non-hydrogen) atoms. The Hall–Kier alpha value is -5.35. The predicted molar refractivity (Wildman–Crippen MR) is 171 cm³/mol. The highest BCUT2D eigenvalue weighted by molar-refractivity contribution is 7.86. The summed E-state index contributed by atoms with van der Waals surface area (Å²) in [4.78, 5) is 57.1. The Morgan fingerprint density at radius 2 is 1.60 bits per heavy atom. The van der Waals surface area contributed by atoms with Gasteiger partial charge in [-0.3, -0.25) is 15.0 Å². The number of rotatable bonds is 13. The van der Waals surface area contributed by atoms with Gasteiger partial charge in [0.2, 0.25) is 5.88 Å². The highest BCUT2D eigenvalue weighted by Gasteiger charge is 2.41. The first-order valence-electron chi connectivity index (χ1n) is 13.9. The normalized spacial score (nSPS) is 12.4. The van der Waals surface area contributed by atoms with E-state index in [1.807, 2.05) is 0 Å². The van der Waals surface area contributed by atoms with Crippen LogP contribution in [0.25, 0.3) is 11.1 Å². The molecule has 1 aromatic heterocycles. The molecule has 6 N–H and O–H groups in total. The number of aromatic nitrogens is 1. The van der Waals surface area contributed by atoms with Crippen molar-refractivity contribution in [3.05, 3.63) is 77.0 Å². The molecule has 1 atom stereocenters. The fourth-order valence-corrected chi connectivity index (χ4v) is 5.04. The number of amides is 2. The summed E-state index contributed by atoms with van der Waals surface area (Å²) in [6.45, 7) is 2.74. The highest BCUT2D eigenvalue weighted by atomic mass is 32.2. The zero-order chi connectivity index (χ0) is 35.1. The van der Waals surface area contributed by atoms with E-state index < -0.39 is 51.6 Å². The first kappa shape index (κ1) is 36.1. The molecule has 2 amide bonds. The minimum atomic E-state index is -4.34. The van der Waals surface area contributed by atoms with Crippen LogP contribution in [0, 0.1) is 11.3 Å². The number of hydrogen-bond acceptors (Lipinski definition) is 12. The van der Waals surface area contributed by atoms with Gasteiger partial charge in [0, 0.05) is 28.4 Å². The van der Waals surface area contributed by atoms with Crippen molar-refractivity contribution in [1.82, 2.24) is 10.3 Å². The lowest BCUT2D eigenvalue weighted by Crippen LogP contribution is -2.58. The van der Waals surface area contributed by atoms with Gasteiger partial charge in [-0.05, 0) is 60.4 Å². The van der Waals surface area contributed by atoms with Gasteiger partial charge < -0.3 is 35.1 Å². The smallest absolute Gasteiger partial charge is 0.354 e. The first-order valence-corrected chi connectivity index (χ1v) is 15.8. The van der Waals surface area contributed by atoms with Crippen molar-refractivity contribution in [3.63, 3.8) is 0 Å². The second-order valence-corrected chi connectivity index (χ2v) is 12.4. The van der Waals surface area contributed by atoms with Crippen molar-refractivity contribution in [2.75, 3.05) is 32.4 Å². The SMILES string of the molecule is COC(=O)C(CO)(CC(C)C)NC(=O)c1ccc(-c2ccc(OC)nc2C(=O)Nc2ccc(C(=N)N)cc2)c(C(=O)OS(C)(=O)=O)c1. The van der Waals surface area contributed by atoms with Gasteiger partial charge in [-0.25, -0.2) is 14.6 Å². The lowest BCUT2D eigenvalue weighted by Gasteiger charge is -2.31. The number of hydrogen-bond donors (Lipinski definition) is 5. The molecule has 0 fully saturated rings. The molecule has 0 saturated carbocycles. The maximum absolute atomic E-state index is 13.5. The number of amidine groups is 1. The molecule has 0 radical (unpaired) electrons. The van der Waals surface area contributed by atoms with Crippen molar-refractivity contribution < 1.29 is 46.4 Å². The molecule has 2 aromatic carbocycles. The molecule has 250 valence electrons. The number of anilines is 1. The van der Waals surface area contributed by atoms with Crippen LogP contribution in [0.1, 0.15) is 57.0 Å². The largest absolute Gasteiger partial charge is 0.481 e. The van der Waals surface area contributed by atoms with E-state index in [0.29, 0.717) is 17.5 Å². The lowest BCUT2D eigenvalue weighted by atomic mass is 9.88. The van der Waals surface area contributed by atoms with Gasteiger partial charge in [0.25, 0.3) is 11.8 Å². The van der Waals surface area contributed by atoms with Crippen LogP contribution in [0.5, 0.6) is 5.88 Å². The number of nitrogen functional groups attached to an aromatic ring is 1. The molecule has 0 aliphatic rings. The molecule has 3 aromatic rings. The highest BCUT2D eigenvalue weighted by Crippen LogP contribution is 2.31. The Morgan fingerprint density at radius 3 is 2.13 bits per heavy atom. The molecule has 15 nitrogen and oxygen atoms in total. The maximum atomic E-state index is 13.5. The third-order valence-electron chi connectivity index (χ3n) is 6.72. The van der Waals surface area contributed by atoms with Crippen LogP contribution < -0.4 is 21.1 Å². The summed E-state index contributed by atoms with van der Waals surface area (Å²) in [5, 5.41) is 22.8. The maximum Gasteiger partial charge on any atom is 0.354 e. The Labute approximate surface area is 271 Å². The first-order chi connectivity index (χ1) is 22.0. The molecule has 0 spiro atoms. The average molecular weight is 670 g/mol. The van der Waals surface area contributed by atoms with E-state index in [-0.39, 0.29) is 46.4 Å². The number of nitrogens with one attached hydrogen (secondary N) is 3. The van der Waals surface area contributed by atoms with Crippen molar-refractivity contribution in [2.24, 2.45) is 11.7 Å². The van der Waals surface area contributed by atoms with Crippen LogP contribution in [0.4, 0.5) is 5.69 Å². The molecular formula is C31H35N5O10S. The van der Waals surface area contributed by atoms with Gasteiger partial charge >= 0.3 is 22.1 Å². The van der Waals surface area contributed by atoms with Crippen molar-refractivity contribution in [3.8, 4) is 17.0 Å². The summed E-state index contributed by atoms with van der Waals surface area (Å²) < 4.78 is 38.5. The van der Waals surface area contributed by atoms with E-state index in [4.69, 9.17) is 20.6 Å². The number of carbonyl (C=O) groups excluding carboxylic acids is 4. The Balaban J connectivity index is 2.16. The van der Waals surface area contributed by atoms with E-state index in [2.05, 4.69) is 19.8 Å². The molecule has 0 aliphatic heterocycles. The summed E-state index contributed by atoms with van der Waals surface area (Å²) in [6.07, 6.45) is 0.667. The molecule has 0 aliphatic carbocycles. The van der Waals surface area contributed by atoms with Gasteiger partial charge in [0.15, 0.2) is 5.54 Å². The number of benzene rings is 2. The molecular weight excluding hydrogens is 634 g/mol. The van der Waals surface area contributed by atoms with Gasteiger partial charge in [-0.15, -0.1) is 0 Å². The average Bonchev–Trinajstić information content (AvgIpc) is 3.02. The molecule has 1 heterocycles. The zero-order valence-corrected chi connectivity index (χ0v) is 27.1. The van der Waals surface area contributed by atoms with E-state index in [0.717, 1.165) is 13.2 Å². The summed E-state index contributed by atoms with van der Waals surface area (Å²) >= 11 is 0. The second-order valence-electron chi connectivity index (χ2n) is 10.8. The van der Waals surface area contributed by atoms with Crippen LogP contribution in [0.15, 0.2) is 54.6 Å². The number of carbonyl (C=O) groups is 4. The standard InChI is InChI=1S/C31H35N5O10S/c1-17(2)15-31(16-37,30(41)45-4)36-27(38)19-8-11-21(23(14-19)29(40)46-47(5,42)43)22-12-13-24(44-3)35-25(22)28(39)34-20-9-6-18(7-10-20)26(32)33/h6-14,17,37H,15-16H2,1-5H3,(H3,32,33)(H,34,39)(H,36,38). The molecule has 16 heteroatoms. The van der Waals surface area contributed by atoms with Crippen LogP contribution in [-0.4, -0.2) is 80.7 Å². The summed E-state index contributed by atoms with van der Waals surface area (Å²) in [5.41, 5.74) is 3.53. The minimum absolute atomic E-state index is 0.0104. The summed E-state index contributed by atoms with van der Waals surface area (Å²) in [6, 6.07) is 12.4. The fraction of sp³-hybridized carbons (Fsp3) is 0.290. The number of nitrogens with two attached hydrogens (primary N) is 1. The monoisotopic (exact) mass is 669 g/mol. The third-order valence-corrected chi connectivity index (χ3v) is 7.18. The Bertz CT molecular complexity index is 1810. The molecule has 0 bridgehead atoms. The number of ether oxygens (including phenoxy) is 2. The van der Waals surface area contributed by atoms with E-state index >= 15 is 0 Å². The molecule has 0 saturated heterocycles. The Kier molecular flexibility index (Phi) is 11.4. The van der Waals surface area contributed by atoms with Gasteiger partial charge in [0.1, 0.15) is 11.5 Å². The second kappa shape index (κ2) is 14.8. The van der Waals surface area contributed by atoms with Crippen molar-refractivity contribution >= 4 is 45.4 Å². The quantitative estimate of drug-likeness (QED) is 0.0761. The van der Waals surface area contributed by atoms with Gasteiger partial charge in [-0.1, -0.05) is 19.9 Å². The van der Waals surface area contributed by atoms with Crippen molar-refractivity contribution in [2.45, 2.75) is 25.8 Å². The number of aliphatic hydroxyl groups excluding tert-OH is 1. The minimum Gasteiger partial charge on any atom is -0.481 e. The van der Waals surface area contributed by atoms with Crippen LogP contribution >= 0.6 is 0 Å². The van der Waals surface area contributed by atoms with Crippen LogP contribution in [-0.2, 0) is 23.8 Å². The van der Waals surface area contributed by atoms with Crippen LogP contribution in [0.3, 0.4) is 0 Å². The summed E-state index contributed by atoms with van der Waals surface area (Å²) in [5.74, 6) is -4.21. The number of esters is 1. The number of pyridine rings is 1. The van der Waals surface area contributed by atoms with Gasteiger partial charge in [-0.2, -0.15) is 8.42 Å². The molecule has 3 rings (SSSR count). The topological polar surface area (TPSA) is 237 Å². The number of nitrogens with zero attached hydrogens (tertiary/aromatic N) is 1. The van der Waals surface area contributed by atoms with Gasteiger partial charge in [0.05, 0.1) is 32.6 Å². The zero-order valence-electron chi connectivity index (χ0n) is 26.2. The predicted octanol–water partition coefficient (Wildman–Crippen LogP) is 2.09. The fourth-order valence-electron chi connectivity index (χ4n) is 4.68. The molecule has 1 unspecified atom stereocenters. The van der Waals surface area contributed by atoms with Crippen molar-refractivity contribution in [1.29, 1.82) is 5.41 Å². The van der Waals surface area contributed by atoms with E-state index in [1.54, 1.807) is 13.8 Å². The number of aliphatic hydroxyl groups is 1. The van der Waals surface area contributed by atoms with Crippen LogP contribution in [0.2, 0.25) is 0 Å². The Morgan fingerprint density at radius 1 is 0.979 bits per heavy atom. The lowest BCUT2D eigenvalue weighted by molar-refractivity contribution is -0.151. The number of methoxy groups -OCH3 is 2. The third kappa shape index (κ3) is 8.89.